The van der Waals surface area contributed by atoms with E-state index in [4.69, 9.17) is 21.3 Å². The van der Waals surface area contributed by atoms with Crippen LogP contribution in [0.15, 0.2) is 42.5 Å². The lowest BCUT2D eigenvalue weighted by Crippen LogP contribution is -2.51. The molecule has 3 aromatic carbocycles. The Morgan fingerprint density at radius 1 is 1.07 bits per heavy atom. The van der Waals surface area contributed by atoms with E-state index in [-0.39, 0.29) is 33.9 Å². The van der Waals surface area contributed by atoms with Gasteiger partial charge in [-0.2, -0.15) is 9.97 Å². The van der Waals surface area contributed by atoms with Crippen LogP contribution in [-0.4, -0.2) is 71.4 Å². The van der Waals surface area contributed by atoms with Crippen LogP contribution < -0.4 is 15.0 Å². The summed E-state index contributed by atoms with van der Waals surface area (Å²) in [5.74, 6) is 0.751. The molecule has 3 aliphatic heterocycles. The number of phenols is 1. The van der Waals surface area contributed by atoms with Crippen LogP contribution >= 0.6 is 11.6 Å². The quantitative estimate of drug-likeness (QED) is 0.328. The summed E-state index contributed by atoms with van der Waals surface area (Å²) in [6, 6.07) is 13.7. The maximum Gasteiger partial charge on any atom is 0.319 e. The zero-order chi connectivity index (χ0) is 27.5. The second kappa shape index (κ2) is 10.0. The summed E-state index contributed by atoms with van der Waals surface area (Å²) in [4.78, 5) is 14.0. The lowest BCUT2D eigenvalue weighted by Gasteiger charge is -2.34. The molecule has 4 atom stereocenters. The second-order valence-corrected chi connectivity index (χ2v) is 12.2. The van der Waals surface area contributed by atoms with Crippen molar-refractivity contribution in [3.8, 4) is 22.9 Å². The first kappa shape index (κ1) is 25.7. The molecule has 1 aromatic heterocycles. The molecule has 0 saturated carbocycles. The number of likely N-dealkylation sites (tertiary alicyclic amines) is 1. The molecule has 2 N–H and O–H groups in total. The van der Waals surface area contributed by atoms with E-state index in [2.05, 4.69) is 34.1 Å². The van der Waals surface area contributed by atoms with Crippen LogP contribution in [0.25, 0.3) is 32.8 Å². The van der Waals surface area contributed by atoms with E-state index in [1.807, 2.05) is 24.3 Å². The van der Waals surface area contributed by atoms with Gasteiger partial charge in [0.25, 0.3) is 0 Å². The van der Waals surface area contributed by atoms with Crippen molar-refractivity contribution in [2.24, 2.45) is 5.92 Å². The highest BCUT2D eigenvalue weighted by Gasteiger charge is 2.35. The molecule has 4 aromatic rings. The van der Waals surface area contributed by atoms with E-state index in [1.165, 1.54) is 0 Å². The van der Waals surface area contributed by atoms with Crippen LogP contribution in [0, 0.1) is 11.7 Å². The third-order valence-corrected chi connectivity index (χ3v) is 9.07. The third-order valence-electron chi connectivity index (χ3n) is 8.78. The number of nitrogens with one attached hydrogen (secondary N) is 1. The number of aromatic hydroxyl groups is 1. The molecule has 0 aliphatic carbocycles. The summed E-state index contributed by atoms with van der Waals surface area (Å²) in [7, 11) is 2.11. The number of nitrogens with zero attached hydrogens (tertiary/aromatic N) is 4. The Morgan fingerprint density at radius 3 is 2.60 bits per heavy atom. The van der Waals surface area contributed by atoms with E-state index in [0.717, 1.165) is 49.7 Å². The predicted octanol–water partition coefficient (Wildman–Crippen LogP) is 5.61. The SMILES string of the molecule is C[C@@H]1CC(COc2nc(N3CC4CCC(C3)N4)c3cc(Cl)c(-c4cc(O)cc5ccccc45)c(F)c3n2)N(C)C1. The first-order valence-electron chi connectivity index (χ1n) is 14.1. The molecule has 3 unspecified atom stereocenters. The number of aromatic nitrogens is 2. The topological polar surface area (TPSA) is 73.8 Å². The van der Waals surface area contributed by atoms with Crippen LogP contribution in [0.4, 0.5) is 10.2 Å². The van der Waals surface area contributed by atoms with Gasteiger partial charge in [-0.15, -0.1) is 0 Å². The van der Waals surface area contributed by atoms with Gasteiger partial charge < -0.3 is 20.1 Å². The van der Waals surface area contributed by atoms with Crippen molar-refractivity contribution < 1.29 is 14.2 Å². The Kier molecular flexibility index (Phi) is 6.45. The van der Waals surface area contributed by atoms with E-state index in [0.29, 0.717) is 41.4 Å². The molecular weight excluding hydrogens is 529 g/mol. The molecule has 0 spiro atoms. The van der Waals surface area contributed by atoms with Crippen LogP contribution in [0.1, 0.15) is 26.2 Å². The fourth-order valence-corrected chi connectivity index (χ4v) is 7.20. The van der Waals surface area contributed by atoms with Gasteiger partial charge in [0.2, 0.25) is 0 Å². The fourth-order valence-electron chi connectivity index (χ4n) is 6.91. The molecule has 3 aliphatic rings. The van der Waals surface area contributed by atoms with Gasteiger partial charge in [0.15, 0.2) is 5.82 Å². The second-order valence-electron chi connectivity index (χ2n) is 11.8. The van der Waals surface area contributed by atoms with E-state index >= 15 is 4.39 Å². The third kappa shape index (κ3) is 4.52. The maximum absolute atomic E-state index is 16.7. The highest BCUT2D eigenvalue weighted by atomic mass is 35.5. The van der Waals surface area contributed by atoms with Crippen molar-refractivity contribution in [2.45, 2.75) is 44.3 Å². The Labute approximate surface area is 237 Å². The van der Waals surface area contributed by atoms with Crippen molar-refractivity contribution in [3.63, 3.8) is 0 Å². The van der Waals surface area contributed by atoms with Crippen molar-refractivity contribution >= 4 is 39.1 Å². The summed E-state index contributed by atoms with van der Waals surface area (Å²) in [6.07, 6.45) is 3.27. The highest BCUT2D eigenvalue weighted by Crippen LogP contribution is 2.43. The number of ether oxygens (including phenoxy) is 1. The first-order valence-corrected chi connectivity index (χ1v) is 14.5. The first-order chi connectivity index (χ1) is 19.3. The molecule has 4 heterocycles. The molecule has 3 fully saturated rings. The molecule has 7 rings (SSSR count). The number of fused-ring (bicyclic) bond motifs is 4. The predicted molar refractivity (Wildman–Crippen MR) is 157 cm³/mol. The number of piperazine rings is 1. The van der Waals surface area contributed by atoms with E-state index < -0.39 is 5.82 Å². The van der Waals surface area contributed by atoms with Gasteiger partial charge in [-0.05, 0) is 66.8 Å². The Balaban J connectivity index is 1.37. The molecular formula is C31H33ClFN5O2. The molecule has 40 heavy (non-hydrogen) atoms. The van der Waals surface area contributed by atoms with Gasteiger partial charge in [-0.3, -0.25) is 4.90 Å². The van der Waals surface area contributed by atoms with Crippen molar-refractivity contribution in [3.05, 3.63) is 53.3 Å². The van der Waals surface area contributed by atoms with Gasteiger partial charge >= 0.3 is 6.01 Å². The minimum atomic E-state index is -0.545. The number of likely N-dealkylation sites (N-methyl/N-ethyl adjacent to an activating group) is 1. The van der Waals surface area contributed by atoms with Gasteiger partial charge in [0.05, 0.1) is 5.02 Å². The maximum atomic E-state index is 16.7. The monoisotopic (exact) mass is 561 g/mol. The molecule has 3 saturated heterocycles. The smallest absolute Gasteiger partial charge is 0.319 e. The minimum Gasteiger partial charge on any atom is -0.508 e. The summed E-state index contributed by atoms with van der Waals surface area (Å²) >= 11 is 6.85. The zero-order valence-corrected chi connectivity index (χ0v) is 23.5. The number of phenolic OH excluding ortho intramolecular Hbond substituents is 1. The lowest BCUT2D eigenvalue weighted by molar-refractivity contribution is 0.188. The molecule has 208 valence electrons. The standard InChI is InChI=1S/C31H33ClFN5O2/c1-17-9-21(37(2)13-17)16-40-31-35-29-25(30(36-31)38-14-19-7-8-20(15-38)34-19)12-26(32)27(28(29)33)24-11-22(39)10-18-5-3-4-6-23(18)24/h3-6,10-12,17,19-21,34,39H,7-9,13-16H2,1-2H3/t17-,19?,20?,21?/m1/s1. The fraction of sp³-hybridized carbons (Fsp3) is 0.419. The van der Waals surface area contributed by atoms with Crippen molar-refractivity contribution in [1.82, 2.24) is 20.2 Å². The summed E-state index contributed by atoms with van der Waals surface area (Å²) < 4.78 is 22.9. The number of halogens is 2. The van der Waals surface area contributed by atoms with Crippen molar-refractivity contribution in [2.75, 3.05) is 38.2 Å². The van der Waals surface area contributed by atoms with E-state index in [1.54, 1.807) is 18.2 Å². The number of rotatable bonds is 5. The lowest BCUT2D eigenvalue weighted by atomic mass is 9.96. The van der Waals surface area contributed by atoms with Gasteiger partial charge in [-0.1, -0.05) is 42.8 Å². The molecule has 7 nitrogen and oxygen atoms in total. The zero-order valence-electron chi connectivity index (χ0n) is 22.7. The van der Waals surface area contributed by atoms with Gasteiger partial charge in [-0.25, -0.2) is 4.39 Å². The summed E-state index contributed by atoms with van der Waals surface area (Å²) in [6.45, 7) is 5.27. The van der Waals surface area contributed by atoms with Crippen LogP contribution in [0.5, 0.6) is 11.8 Å². The number of hydrogen-bond donors (Lipinski definition) is 2. The number of anilines is 1. The van der Waals surface area contributed by atoms with Crippen LogP contribution in [0.2, 0.25) is 5.02 Å². The van der Waals surface area contributed by atoms with Crippen LogP contribution in [0.3, 0.4) is 0 Å². The minimum absolute atomic E-state index is 0.0443. The molecule has 0 radical (unpaired) electrons. The number of benzene rings is 3. The summed E-state index contributed by atoms with van der Waals surface area (Å²) in [5.41, 5.74) is 0.900. The average Bonchev–Trinajstić information content (AvgIpc) is 3.45. The largest absolute Gasteiger partial charge is 0.508 e. The van der Waals surface area contributed by atoms with Gasteiger partial charge in [0.1, 0.15) is 23.7 Å². The van der Waals surface area contributed by atoms with Gasteiger partial charge in [0, 0.05) is 48.7 Å². The molecule has 9 heteroatoms. The number of hydrogen-bond acceptors (Lipinski definition) is 7. The Bertz CT molecular complexity index is 1600. The average molecular weight is 562 g/mol. The Hall–Kier alpha value is -3.20. The van der Waals surface area contributed by atoms with Crippen molar-refractivity contribution in [1.29, 1.82) is 0 Å². The normalized spacial score (nSPS) is 24.9. The highest BCUT2D eigenvalue weighted by molar-refractivity contribution is 6.35. The van der Waals surface area contributed by atoms with E-state index in [9.17, 15) is 5.11 Å². The van der Waals surface area contributed by atoms with Crippen LogP contribution in [-0.2, 0) is 0 Å². The Morgan fingerprint density at radius 2 is 1.85 bits per heavy atom. The molecule has 0 amide bonds. The molecule has 2 bridgehead atoms. The summed E-state index contributed by atoms with van der Waals surface area (Å²) in [5, 5.41) is 16.5.